The number of hydrogen-bond acceptors (Lipinski definition) is 2. The lowest BCUT2D eigenvalue weighted by Gasteiger charge is -2.03. The van der Waals surface area contributed by atoms with Crippen molar-refractivity contribution in [3.05, 3.63) is 40.7 Å². The van der Waals surface area contributed by atoms with Crippen LogP contribution < -0.4 is 0 Å². The average Bonchev–Trinajstić information content (AvgIpc) is 2.56. The maximum absolute atomic E-state index is 8.91. The van der Waals surface area contributed by atoms with Gasteiger partial charge in [0.15, 0.2) is 5.69 Å². The van der Waals surface area contributed by atoms with Crippen LogP contribution >= 0.6 is 11.6 Å². The molecule has 0 atom stereocenters. The molecule has 0 saturated carbocycles. The minimum absolute atomic E-state index is 0.456. The topological polar surface area (TPSA) is 41.6 Å². The van der Waals surface area contributed by atoms with Crippen LogP contribution in [0.3, 0.4) is 0 Å². The molecule has 1 aromatic heterocycles. The maximum Gasteiger partial charge on any atom is 0.162 e. The molecule has 80 valence electrons. The van der Waals surface area contributed by atoms with E-state index in [0.717, 1.165) is 17.1 Å². The summed E-state index contributed by atoms with van der Waals surface area (Å²) in [5.41, 5.74) is 2.23. The van der Waals surface area contributed by atoms with E-state index in [9.17, 15) is 0 Å². The molecule has 1 heterocycles. The van der Waals surface area contributed by atoms with Gasteiger partial charge in [0.2, 0.25) is 0 Å². The van der Waals surface area contributed by atoms with Gasteiger partial charge in [-0.25, -0.2) is 4.98 Å². The summed E-state index contributed by atoms with van der Waals surface area (Å²) in [6.07, 6.45) is 0. The first kappa shape index (κ1) is 10.7. The molecule has 0 unspecified atom stereocenters. The lowest BCUT2D eigenvalue weighted by molar-refractivity contribution is 0.883. The second-order valence-electron chi connectivity index (χ2n) is 3.55. The number of rotatable bonds is 1. The quantitative estimate of drug-likeness (QED) is 0.757. The molecule has 2 aromatic rings. The number of hydrogen-bond donors (Lipinski definition) is 0. The minimum Gasteiger partial charge on any atom is -0.330 e. The molecule has 0 N–H and O–H groups in total. The normalized spacial score (nSPS) is 10.1. The molecule has 0 spiro atoms. The maximum atomic E-state index is 8.91. The predicted molar refractivity (Wildman–Crippen MR) is 63.1 cm³/mol. The van der Waals surface area contributed by atoms with Crippen LogP contribution in [0.25, 0.3) is 11.4 Å². The summed E-state index contributed by atoms with van der Waals surface area (Å²) >= 11 is 5.93. The highest BCUT2D eigenvalue weighted by molar-refractivity contribution is 6.30. The summed E-state index contributed by atoms with van der Waals surface area (Å²) in [4.78, 5) is 4.28. The lowest BCUT2D eigenvalue weighted by atomic mass is 10.2. The molecule has 3 nitrogen and oxygen atoms in total. The summed E-state index contributed by atoms with van der Waals surface area (Å²) in [6.45, 7) is 1.87. The van der Waals surface area contributed by atoms with Crippen molar-refractivity contribution in [3.63, 3.8) is 0 Å². The van der Waals surface area contributed by atoms with Gasteiger partial charge in [-0.2, -0.15) is 5.26 Å². The molecule has 2 rings (SSSR count). The van der Waals surface area contributed by atoms with E-state index in [4.69, 9.17) is 16.9 Å². The summed E-state index contributed by atoms with van der Waals surface area (Å²) in [7, 11) is 1.89. The van der Waals surface area contributed by atoms with E-state index in [2.05, 4.69) is 11.1 Å². The number of imidazole rings is 1. The third kappa shape index (κ3) is 1.68. The van der Waals surface area contributed by atoms with Crippen molar-refractivity contribution in [2.75, 3.05) is 0 Å². The van der Waals surface area contributed by atoms with Crippen LogP contribution in [-0.2, 0) is 7.05 Å². The van der Waals surface area contributed by atoms with Gasteiger partial charge in [0.1, 0.15) is 11.9 Å². The predicted octanol–water partition coefficient (Wildman–Crippen LogP) is 2.92. The van der Waals surface area contributed by atoms with Gasteiger partial charge in [0.25, 0.3) is 0 Å². The standard InChI is InChI=1S/C12H10ClN3/c1-8-11(7-14)15-12(16(8)2)9-4-3-5-10(13)6-9/h3-6H,1-2H3. The molecule has 0 fully saturated rings. The molecule has 0 aliphatic rings. The summed E-state index contributed by atoms with van der Waals surface area (Å²) in [5, 5.41) is 9.57. The van der Waals surface area contributed by atoms with E-state index in [1.165, 1.54) is 0 Å². The SMILES string of the molecule is Cc1c(C#N)nc(-c2cccc(Cl)c2)n1C. The zero-order chi connectivity index (χ0) is 11.7. The molecule has 0 bridgehead atoms. The van der Waals surface area contributed by atoms with Crippen molar-refractivity contribution in [1.82, 2.24) is 9.55 Å². The van der Waals surface area contributed by atoms with Gasteiger partial charge in [0, 0.05) is 17.6 Å². The van der Waals surface area contributed by atoms with Gasteiger partial charge in [-0.3, -0.25) is 0 Å². The zero-order valence-electron chi connectivity index (χ0n) is 9.03. The molecule has 0 aliphatic heterocycles. The highest BCUT2D eigenvalue weighted by Gasteiger charge is 2.12. The van der Waals surface area contributed by atoms with Crippen molar-refractivity contribution in [2.24, 2.45) is 7.05 Å². The van der Waals surface area contributed by atoms with E-state index in [1.54, 1.807) is 0 Å². The number of halogens is 1. The van der Waals surface area contributed by atoms with Gasteiger partial charge in [-0.15, -0.1) is 0 Å². The number of aromatic nitrogens is 2. The molecule has 1 aromatic carbocycles. The highest BCUT2D eigenvalue weighted by Crippen LogP contribution is 2.23. The summed E-state index contributed by atoms with van der Waals surface area (Å²) < 4.78 is 1.89. The molecule has 0 radical (unpaired) electrons. The van der Waals surface area contributed by atoms with E-state index >= 15 is 0 Å². The first-order valence-corrected chi connectivity index (χ1v) is 5.20. The number of nitrogens with zero attached hydrogens (tertiary/aromatic N) is 3. The van der Waals surface area contributed by atoms with Crippen LogP contribution in [0.4, 0.5) is 0 Å². The Morgan fingerprint density at radius 1 is 1.44 bits per heavy atom. The van der Waals surface area contributed by atoms with E-state index in [-0.39, 0.29) is 0 Å². The Kier molecular flexibility index (Phi) is 2.67. The van der Waals surface area contributed by atoms with Gasteiger partial charge < -0.3 is 4.57 Å². The van der Waals surface area contributed by atoms with E-state index < -0.39 is 0 Å². The van der Waals surface area contributed by atoms with Crippen LogP contribution in [0, 0.1) is 18.3 Å². The monoisotopic (exact) mass is 231 g/mol. The smallest absolute Gasteiger partial charge is 0.162 e. The molecular weight excluding hydrogens is 222 g/mol. The van der Waals surface area contributed by atoms with Crippen molar-refractivity contribution in [2.45, 2.75) is 6.92 Å². The highest BCUT2D eigenvalue weighted by atomic mass is 35.5. The minimum atomic E-state index is 0.456. The van der Waals surface area contributed by atoms with Crippen LogP contribution in [0.5, 0.6) is 0 Å². The fraction of sp³-hybridized carbons (Fsp3) is 0.167. The molecule has 16 heavy (non-hydrogen) atoms. The number of nitriles is 1. The molecule has 0 saturated heterocycles. The first-order valence-electron chi connectivity index (χ1n) is 4.83. The number of benzene rings is 1. The second-order valence-corrected chi connectivity index (χ2v) is 3.99. The first-order chi connectivity index (χ1) is 7.63. The van der Waals surface area contributed by atoms with Crippen molar-refractivity contribution in [3.8, 4) is 17.5 Å². The van der Waals surface area contributed by atoms with Gasteiger partial charge in [-0.1, -0.05) is 23.7 Å². The molecule has 0 amide bonds. The molecule has 0 aliphatic carbocycles. The lowest BCUT2D eigenvalue weighted by Crippen LogP contribution is -1.94. The Hall–Kier alpha value is -1.79. The van der Waals surface area contributed by atoms with Gasteiger partial charge in [0.05, 0.1) is 5.69 Å². The summed E-state index contributed by atoms with van der Waals surface area (Å²) in [6, 6.07) is 9.52. The average molecular weight is 232 g/mol. The Morgan fingerprint density at radius 3 is 2.75 bits per heavy atom. The zero-order valence-corrected chi connectivity index (χ0v) is 9.78. The fourth-order valence-corrected chi connectivity index (χ4v) is 1.76. The second kappa shape index (κ2) is 3.99. The Labute approximate surface area is 98.9 Å². The third-order valence-electron chi connectivity index (χ3n) is 2.57. The Balaban J connectivity index is 2.62. The summed E-state index contributed by atoms with van der Waals surface area (Å²) in [5.74, 6) is 0.761. The van der Waals surface area contributed by atoms with Crippen LogP contribution in [0.2, 0.25) is 5.02 Å². The largest absolute Gasteiger partial charge is 0.330 e. The van der Waals surface area contributed by atoms with Crippen molar-refractivity contribution in [1.29, 1.82) is 5.26 Å². The van der Waals surface area contributed by atoms with Crippen molar-refractivity contribution >= 4 is 11.6 Å². The molecule has 4 heteroatoms. The molecular formula is C12H10ClN3. The Morgan fingerprint density at radius 2 is 2.19 bits per heavy atom. The van der Waals surface area contributed by atoms with Crippen LogP contribution in [0.15, 0.2) is 24.3 Å². The van der Waals surface area contributed by atoms with Crippen LogP contribution in [0.1, 0.15) is 11.4 Å². The third-order valence-corrected chi connectivity index (χ3v) is 2.81. The van der Waals surface area contributed by atoms with Gasteiger partial charge >= 0.3 is 0 Å². The van der Waals surface area contributed by atoms with Crippen molar-refractivity contribution < 1.29 is 0 Å². The van der Waals surface area contributed by atoms with E-state index in [0.29, 0.717) is 10.7 Å². The Bertz CT molecular complexity index is 578. The van der Waals surface area contributed by atoms with Gasteiger partial charge in [-0.05, 0) is 19.1 Å². The fourth-order valence-electron chi connectivity index (χ4n) is 1.57. The van der Waals surface area contributed by atoms with Crippen LogP contribution in [-0.4, -0.2) is 9.55 Å². The van der Waals surface area contributed by atoms with E-state index in [1.807, 2.05) is 42.8 Å².